The van der Waals surface area contributed by atoms with Gasteiger partial charge in [-0.2, -0.15) is 15.7 Å². The molecule has 0 saturated carbocycles. The Morgan fingerprint density at radius 1 is 1.20 bits per heavy atom. The molecule has 1 unspecified atom stereocenters. The Hall–Kier alpha value is -2.76. The van der Waals surface area contributed by atoms with Crippen molar-refractivity contribution < 1.29 is 9.50 Å². The van der Waals surface area contributed by atoms with E-state index in [4.69, 9.17) is 0 Å². The van der Waals surface area contributed by atoms with Gasteiger partial charge in [0, 0.05) is 12.4 Å². The van der Waals surface area contributed by atoms with E-state index in [1.54, 1.807) is 30.8 Å². The summed E-state index contributed by atoms with van der Waals surface area (Å²) in [6.45, 7) is 6.14. The van der Waals surface area contributed by atoms with E-state index in [9.17, 15) is 9.50 Å². The summed E-state index contributed by atoms with van der Waals surface area (Å²) in [6, 6.07) is 4.45. The fraction of sp³-hybridized carbons (Fsp3) is 0.316. The second-order valence-corrected chi connectivity index (χ2v) is 6.18. The van der Waals surface area contributed by atoms with Crippen molar-refractivity contribution in [2.45, 2.75) is 33.1 Å². The molecule has 0 aromatic heterocycles. The van der Waals surface area contributed by atoms with Crippen molar-refractivity contribution in [3.05, 3.63) is 53.5 Å². The van der Waals surface area contributed by atoms with E-state index in [1.807, 2.05) is 13.0 Å². The number of hydrogen-bond acceptors (Lipinski definition) is 5. The average molecular weight is 342 g/mol. The first-order valence-electron chi connectivity index (χ1n) is 8.21. The van der Waals surface area contributed by atoms with Crippen LogP contribution in [0.25, 0.3) is 0 Å². The topological polar surface area (TPSA) is 69.3 Å². The van der Waals surface area contributed by atoms with Gasteiger partial charge in [-0.1, -0.05) is 26.8 Å². The lowest BCUT2D eigenvalue weighted by Crippen LogP contribution is -2.16. The zero-order chi connectivity index (χ0) is 18.2. The van der Waals surface area contributed by atoms with Gasteiger partial charge < -0.3 is 5.11 Å². The molecule has 0 amide bonds. The van der Waals surface area contributed by atoms with Crippen molar-refractivity contribution in [2.75, 3.05) is 0 Å². The molecule has 5 nitrogen and oxygen atoms in total. The molecule has 0 aliphatic carbocycles. The summed E-state index contributed by atoms with van der Waals surface area (Å²) >= 11 is 0. The molecule has 2 N–H and O–H groups in total. The molecule has 0 fully saturated rings. The maximum Gasteiger partial charge on any atom is 0.164 e. The van der Waals surface area contributed by atoms with Gasteiger partial charge in [0.25, 0.3) is 0 Å². The van der Waals surface area contributed by atoms with Crippen molar-refractivity contribution in [2.24, 2.45) is 21.1 Å². The second kappa shape index (κ2) is 8.92. The number of benzene rings is 1. The van der Waals surface area contributed by atoms with E-state index in [1.165, 1.54) is 12.1 Å². The quantitative estimate of drug-likeness (QED) is 0.863. The summed E-state index contributed by atoms with van der Waals surface area (Å²) < 4.78 is 13.3. The number of aromatic hydroxyl groups is 1. The normalized spacial score (nSPS) is 18.6. The minimum atomic E-state index is -0.615. The van der Waals surface area contributed by atoms with Crippen molar-refractivity contribution in [1.82, 2.24) is 5.53 Å². The van der Waals surface area contributed by atoms with Gasteiger partial charge in [-0.15, -0.1) is 0 Å². The number of phenols is 1. The molecule has 2 rings (SSSR count). The van der Waals surface area contributed by atoms with Gasteiger partial charge in [0.2, 0.25) is 0 Å². The molecule has 1 aliphatic heterocycles. The van der Waals surface area contributed by atoms with Crippen LogP contribution in [0.4, 0.5) is 4.39 Å². The van der Waals surface area contributed by atoms with Crippen LogP contribution in [0.1, 0.15) is 38.7 Å². The Balaban J connectivity index is 2.31. The fourth-order valence-electron chi connectivity index (χ4n) is 2.54. The van der Waals surface area contributed by atoms with E-state index < -0.39 is 5.82 Å². The highest BCUT2D eigenvalue weighted by atomic mass is 19.1. The van der Waals surface area contributed by atoms with Crippen molar-refractivity contribution >= 4 is 18.1 Å². The summed E-state index contributed by atoms with van der Waals surface area (Å²) in [5.74, 6) is -0.694. The number of hydrazone groups is 2. The molecule has 6 heteroatoms. The van der Waals surface area contributed by atoms with E-state index in [0.717, 1.165) is 16.8 Å². The van der Waals surface area contributed by atoms with E-state index >= 15 is 0 Å². The van der Waals surface area contributed by atoms with Crippen LogP contribution in [0, 0.1) is 11.7 Å². The Morgan fingerprint density at radius 2 is 2.00 bits per heavy atom. The maximum atomic E-state index is 13.3. The van der Waals surface area contributed by atoms with Gasteiger partial charge in [-0.05, 0) is 53.7 Å². The molecule has 1 heterocycles. The maximum absolute atomic E-state index is 13.3. The van der Waals surface area contributed by atoms with Crippen LogP contribution in [0.5, 0.6) is 5.75 Å². The number of halogens is 1. The minimum Gasteiger partial charge on any atom is -0.505 e. The van der Waals surface area contributed by atoms with Crippen LogP contribution >= 0.6 is 0 Å². The number of aliphatic imine (C=N–C) groups is 1. The Kier molecular flexibility index (Phi) is 6.62. The SMILES string of the molecule is CC(C)C1=NN/N=C\C=C/N=CC=C1CC(C)c1ccc(F)c(O)c1. The third kappa shape index (κ3) is 5.38. The van der Waals surface area contributed by atoms with Crippen LogP contribution in [0.2, 0.25) is 0 Å². The summed E-state index contributed by atoms with van der Waals surface area (Å²) in [5, 5.41) is 18.0. The van der Waals surface area contributed by atoms with E-state index in [-0.39, 0.29) is 17.6 Å². The van der Waals surface area contributed by atoms with Gasteiger partial charge in [-0.3, -0.25) is 4.99 Å². The Morgan fingerprint density at radius 3 is 2.72 bits per heavy atom. The number of hydrogen-bond donors (Lipinski definition) is 2. The highest BCUT2D eigenvalue weighted by Gasteiger charge is 2.17. The lowest BCUT2D eigenvalue weighted by atomic mass is 9.88. The molecule has 1 aromatic carbocycles. The second-order valence-electron chi connectivity index (χ2n) is 6.18. The molecular formula is C19H23FN4O. The van der Waals surface area contributed by atoms with Gasteiger partial charge in [0.1, 0.15) is 0 Å². The lowest BCUT2D eigenvalue weighted by molar-refractivity contribution is 0.431. The van der Waals surface area contributed by atoms with Gasteiger partial charge in [0.05, 0.1) is 11.9 Å². The average Bonchev–Trinajstić information content (AvgIpc) is 2.62. The fourth-order valence-corrected chi connectivity index (χ4v) is 2.54. The molecule has 0 bridgehead atoms. The van der Waals surface area contributed by atoms with Crippen molar-refractivity contribution in [3.8, 4) is 5.75 Å². The standard InChI is InChI=1S/C19H23FN4O/c1-13(2)19-16(7-10-21-8-4-9-22-24-23-19)11-14(3)15-5-6-17(20)18(25)12-15/h4-10,12-14,24-25H,11H2,1-3H3/b8-4-,16-7?,21-10?,22-9-,23-19?. The third-order valence-electron chi connectivity index (χ3n) is 3.86. The molecule has 25 heavy (non-hydrogen) atoms. The zero-order valence-electron chi connectivity index (χ0n) is 14.6. The highest BCUT2D eigenvalue weighted by molar-refractivity contribution is 6.04. The highest BCUT2D eigenvalue weighted by Crippen LogP contribution is 2.28. The number of rotatable bonds is 4. The Bertz CT molecular complexity index is 748. The summed E-state index contributed by atoms with van der Waals surface area (Å²) in [7, 11) is 0. The number of nitrogens with one attached hydrogen (secondary N) is 1. The first kappa shape index (κ1) is 18.6. The van der Waals surface area contributed by atoms with Gasteiger partial charge in [-0.25, -0.2) is 4.39 Å². The largest absolute Gasteiger partial charge is 0.505 e. The molecule has 1 atom stereocenters. The van der Waals surface area contributed by atoms with Crippen molar-refractivity contribution in [3.63, 3.8) is 0 Å². The smallest absolute Gasteiger partial charge is 0.164 e. The minimum absolute atomic E-state index is 0.0688. The molecule has 0 spiro atoms. The first-order valence-corrected chi connectivity index (χ1v) is 8.21. The summed E-state index contributed by atoms with van der Waals surface area (Å²) in [5.41, 5.74) is 5.44. The van der Waals surface area contributed by atoms with E-state index in [2.05, 4.69) is 34.6 Å². The molecule has 1 aromatic rings. The van der Waals surface area contributed by atoms with Gasteiger partial charge in [0.15, 0.2) is 11.6 Å². The number of phenolic OH excluding ortho intramolecular Hbond substituents is 1. The van der Waals surface area contributed by atoms with Gasteiger partial charge >= 0.3 is 0 Å². The third-order valence-corrected chi connectivity index (χ3v) is 3.86. The molecular weight excluding hydrogens is 319 g/mol. The van der Waals surface area contributed by atoms with Crippen LogP contribution in [-0.2, 0) is 0 Å². The van der Waals surface area contributed by atoms with Crippen LogP contribution < -0.4 is 5.53 Å². The predicted octanol–water partition coefficient (Wildman–Crippen LogP) is 4.14. The first-order chi connectivity index (χ1) is 12.0. The number of allylic oxidation sites excluding steroid dienone is 3. The van der Waals surface area contributed by atoms with Crippen LogP contribution in [0.3, 0.4) is 0 Å². The Labute approximate surface area is 147 Å². The molecule has 132 valence electrons. The molecule has 0 saturated heterocycles. The number of nitrogens with zero attached hydrogens (tertiary/aromatic N) is 3. The van der Waals surface area contributed by atoms with Crippen molar-refractivity contribution in [1.29, 1.82) is 0 Å². The molecule has 0 radical (unpaired) electrons. The molecule has 1 aliphatic rings. The summed E-state index contributed by atoms with van der Waals surface area (Å²) in [4.78, 5) is 4.18. The zero-order valence-corrected chi connectivity index (χ0v) is 14.6. The van der Waals surface area contributed by atoms with Crippen LogP contribution in [0.15, 0.2) is 57.3 Å². The van der Waals surface area contributed by atoms with E-state index in [0.29, 0.717) is 6.42 Å². The summed E-state index contributed by atoms with van der Waals surface area (Å²) in [6.07, 6.45) is 9.24. The van der Waals surface area contributed by atoms with Crippen LogP contribution in [-0.4, -0.2) is 23.2 Å². The predicted molar refractivity (Wildman–Crippen MR) is 101 cm³/mol. The lowest BCUT2D eigenvalue weighted by Gasteiger charge is -2.18. The monoisotopic (exact) mass is 342 g/mol.